The van der Waals surface area contributed by atoms with E-state index in [1.165, 1.54) is 4.90 Å². The Bertz CT molecular complexity index is 327. The SMILES string of the molecule is CC1CNCCC1C(=O)N1CCN(C(=O)O)CC1. The summed E-state index contributed by atoms with van der Waals surface area (Å²) >= 11 is 0. The molecule has 0 aromatic carbocycles. The van der Waals surface area contributed by atoms with Gasteiger partial charge in [0.1, 0.15) is 0 Å². The fourth-order valence-corrected chi connectivity index (χ4v) is 2.73. The Morgan fingerprint density at radius 2 is 1.78 bits per heavy atom. The van der Waals surface area contributed by atoms with E-state index < -0.39 is 6.09 Å². The van der Waals surface area contributed by atoms with Crippen LogP contribution in [0.5, 0.6) is 0 Å². The Morgan fingerprint density at radius 3 is 2.33 bits per heavy atom. The van der Waals surface area contributed by atoms with Crippen LogP contribution in [-0.2, 0) is 4.79 Å². The van der Waals surface area contributed by atoms with E-state index in [1.807, 2.05) is 4.90 Å². The van der Waals surface area contributed by atoms with Crippen LogP contribution in [0.25, 0.3) is 0 Å². The number of nitrogens with zero attached hydrogens (tertiary/aromatic N) is 2. The van der Waals surface area contributed by atoms with Gasteiger partial charge in [0.25, 0.3) is 0 Å². The number of hydrogen-bond donors (Lipinski definition) is 2. The van der Waals surface area contributed by atoms with Crippen LogP contribution in [0.4, 0.5) is 4.79 Å². The summed E-state index contributed by atoms with van der Waals surface area (Å²) in [6, 6.07) is 0. The highest BCUT2D eigenvalue weighted by atomic mass is 16.4. The molecule has 0 aliphatic carbocycles. The van der Waals surface area contributed by atoms with Gasteiger partial charge < -0.3 is 20.2 Å². The van der Waals surface area contributed by atoms with Crippen molar-refractivity contribution in [2.45, 2.75) is 13.3 Å². The number of nitrogens with one attached hydrogen (secondary N) is 1. The second-order valence-electron chi connectivity index (χ2n) is 5.17. The second-order valence-corrected chi connectivity index (χ2v) is 5.17. The molecule has 2 fully saturated rings. The Kier molecular flexibility index (Phi) is 4.06. The Hall–Kier alpha value is -1.30. The van der Waals surface area contributed by atoms with Crippen molar-refractivity contribution in [3.8, 4) is 0 Å². The molecule has 2 unspecified atom stereocenters. The molecule has 0 saturated carbocycles. The minimum absolute atomic E-state index is 0.0997. The molecule has 2 saturated heterocycles. The maximum Gasteiger partial charge on any atom is 0.407 e. The molecule has 0 radical (unpaired) electrons. The summed E-state index contributed by atoms with van der Waals surface area (Å²) in [7, 11) is 0. The number of piperazine rings is 1. The van der Waals surface area contributed by atoms with Crippen LogP contribution in [0.15, 0.2) is 0 Å². The average molecular weight is 255 g/mol. The molecule has 2 heterocycles. The zero-order chi connectivity index (χ0) is 13.1. The first kappa shape index (κ1) is 13.1. The first-order valence-electron chi connectivity index (χ1n) is 6.57. The summed E-state index contributed by atoms with van der Waals surface area (Å²) < 4.78 is 0. The van der Waals surface area contributed by atoms with Crippen LogP contribution in [-0.4, -0.2) is 66.2 Å². The lowest BCUT2D eigenvalue weighted by atomic mass is 9.86. The van der Waals surface area contributed by atoms with Crippen LogP contribution in [0, 0.1) is 11.8 Å². The van der Waals surface area contributed by atoms with Crippen LogP contribution in [0.3, 0.4) is 0 Å². The molecule has 0 bridgehead atoms. The van der Waals surface area contributed by atoms with E-state index in [0.717, 1.165) is 19.5 Å². The van der Waals surface area contributed by atoms with Crippen molar-refractivity contribution in [1.82, 2.24) is 15.1 Å². The number of carbonyl (C=O) groups excluding carboxylic acids is 1. The fraction of sp³-hybridized carbons (Fsp3) is 0.833. The molecule has 18 heavy (non-hydrogen) atoms. The number of hydrogen-bond acceptors (Lipinski definition) is 3. The smallest absolute Gasteiger partial charge is 0.407 e. The third kappa shape index (κ3) is 2.75. The lowest BCUT2D eigenvalue weighted by molar-refractivity contribution is -0.139. The molecule has 2 rings (SSSR count). The third-order valence-electron chi connectivity index (χ3n) is 3.96. The molecule has 2 N–H and O–H groups in total. The largest absolute Gasteiger partial charge is 0.465 e. The van der Waals surface area contributed by atoms with Crippen molar-refractivity contribution in [1.29, 1.82) is 0 Å². The molecule has 2 amide bonds. The van der Waals surface area contributed by atoms with Crippen LogP contribution < -0.4 is 5.32 Å². The highest BCUT2D eigenvalue weighted by molar-refractivity contribution is 5.79. The molecule has 6 nitrogen and oxygen atoms in total. The van der Waals surface area contributed by atoms with Gasteiger partial charge in [-0.05, 0) is 25.4 Å². The minimum Gasteiger partial charge on any atom is -0.465 e. The lowest BCUT2D eigenvalue weighted by Crippen LogP contribution is -2.53. The molecule has 2 atom stereocenters. The zero-order valence-electron chi connectivity index (χ0n) is 10.8. The van der Waals surface area contributed by atoms with Crippen molar-refractivity contribution in [3.63, 3.8) is 0 Å². The molecule has 102 valence electrons. The van der Waals surface area contributed by atoms with Crippen molar-refractivity contribution < 1.29 is 14.7 Å². The number of carbonyl (C=O) groups is 2. The monoisotopic (exact) mass is 255 g/mol. The van der Waals surface area contributed by atoms with Crippen LogP contribution >= 0.6 is 0 Å². The maximum atomic E-state index is 12.4. The number of amides is 2. The van der Waals surface area contributed by atoms with Crippen molar-refractivity contribution in [2.75, 3.05) is 39.3 Å². The summed E-state index contributed by atoms with van der Waals surface area (Å²) in [6.45, 7) is 5.81. The summed E-state index contributed by atoms with van der Waals surface area (Å²) in [5.74, 6) is 0.667. The number of rotatable bonds is 1. The Morgan fingerprint density at radius 1 is 1.17 bits per heavy atom. The molecule has 0 aromatic heterocycles. The predicted molar refractivity (Wildman–Crippen MR) is 66.3 cm³/mol. The highest BCUT2D eigenvalue weighted by Crippen LogP contribution is 2.21. The second kappa shape index (κ2) is 5.56. The molecule has 2 aliphatic heterocycles. The first-order chi connectivity index (χ1) is 8.59. The maximum absolute atomic E-state index is 12.4. The van der Waals surface area contributed by atoms with Gasteiger partial charge >= 0.3 is 6.09 Å². The quantitative estimate of drug-likeness (QED) is 0.694. The van der Waals surface area contributed by atoms with E-state index >= 15 is 0 Å². The molecule has 2 aliphatic rings. The van der Waals surface area contributed by atoms with Gasteiger partial charge in [-0.3, -0.25) is 4.79 Å². The van der Waals surface area contributed by atoms with Gasteiger partial charge in [-0.15, -0.1) is 0 Å². The normalized spacial score (nSPS) is 29.2. The fourth-order valence-electron chi connectivity index (χ4n) is 2.73. The predicted octanol–water partition coefficient (Wildman–Crippen LogP) is 0.0542. The average Bonchev–Trinajstić information content (AvgIpc) is 2.38. The van der Waals surface area contributed by atoms with Gasteiger partial charge in [0.2, 0.25) is 5.91 Å². The van der Waals surface area contributed by atoms with Gasteiger partial charge in [0, 0.05) is 32.1 Å². The third-order valence-corrected chi connectivity index (χ3v) is 3.96. The minimum atomic E-state index is -0.891. The van der Waals surface area contributed by atoms with E-state index in [2.05, 4.69) is 12.2 Å². The molecular formula is C12H21N3O3. The van der Waals surface area contributed by atoms with Crippen molar-refractivity contribution in [3.05, 3.63) is 0 Å². The van der Waals surface area contributed by atoms with Gasteiger partial charge in [0.15, 0.2) is 0 Å². The van der Waals surface area contributed by atoms with Crippen LogP contribution in [0.1, 0.15) is 13.3 Å². The summed E-state index contributed by atoms with van der Waals surface area (Å²) in [4.78, 5) is 26.4. The van der Waals surface area contributed by atoms with E-state index in [4.69, 9.17) is 5.11 Å². The first-order valence-corrected chi connectivity index (χ1v) is 6.57. The molecule has 6 heteroatoms. The van der Waals surface area contributed by atoms with Crippen molar-refractivity contribution in [2.24, 2.45) is 11.8 Å². The molecular weight excluding hydrogens is 234 g/mol. The standard InChI is InChI=1S/C12H21N3O3/c1-9-8-13-3-2-10(9)11(16)14-4-6-15(7-5-14)12(17)18/h9-10,13H,2-8H2,1H3,(H,17,18). The van der Waals surface area contributed by atoms with E-state index in [1.54, 1.807) is 0 Å². The number of carboxylic acid groups (broad SMARTS) is 1. The Labute approximate surface area is 107 Å². The van der Waals surface area contributed by atoms with Crippen LogP contribution in [0.2, 0.25) is 0 Å². The number of piperidine rings is 1. The summed E-state index contributed by atoms with van der Waals surface area (Å²) in [6.07, 6.45) is -0.00332. The Balaban J connectivity index is 1.88. The molecule has 0 spiro atoms. The highest BCUT2D eigenvalue weighted by Gasteiger charge is 2.33. The topological polar surface area (TPSA) is 72.9 Å². The molecule has 0 aromatic rings. The van der Waals surface area contributed by atoms with Gasteiger partial charge in [0.05, 0.1) is 0 Å². The van der Waals surface area contributed by atoms with Gasteiger partial charge in [-0.25, -0.2) is 4.79 Å². The zero-order valence-corrected chi connectivity index (χ0v) is 10.8. The van der Waals surface area contributed by atoms with E-state index in [9.17, 15) is 9.59 Å². The summed E-state index contributed by atoms with van der Waals surface area (Å²) in [5, 5.41) is 12.2. The van der Waals surface area contributed by atoms with E-state index in [0.29, 0.717) is 32.1 Å². The van der Waals surface area contributed by atoms with Gasteiger partial charge in [-0.2, -0.15) is 0 Å². The lowest BCUT2D eigenvalue weighted by Gasteiger charge is -2.37. The van der Waals surface area contributed by atoms with Crippen molar-refractivity contribution >= 4 is 12.0 Å². The van der Waals surface area contributed by atoms with E-state index in [-0.39, 0.29) is 11.8 Å². The summed E-state index contributed by atoms with van der Waals surface area (Å²) in [5.41, 5.74) is 0. The van der Waals surface area contributed by atoms with Gasteiger partial charge in [-0.1, -0.05) is 6.92 Å².